The van der Waals surface area contributed by atoms with Crippen LogP contribution >= 0.6 is 0 Å². The largest absolute Gasteiger partial charge is 0.299 e. The number of carbonyl (C=O) groups excluding carboxylic acids is 1. The summed E-state index contributed by atoms with van der Waals surface area (Å²) >= 11 is 0. The molecule has 0 spiro atoms. The standard InChI is InChI=1S/C13H13FO/c14-12-7-4-11(5-8-12)10-2-1-3-13(15)9-6-10/h4-8H,1-3,9H2. The Hall–Kier alpha value is -1.44. The maximum Gasteiger partial charge on any atom is 0.136 e. The van der Waals surface area contributed by atoms with Crippen molar-refractivity contribution in [3.05, 3.63) is 41.7 Å². The molecule has 0 bridgehead atoms. The van der Waals surface area contributed by atoms with Gasteiger partial charge in [0.2, 0.25) is 0 Å². The summed E-state index contributed by atoms with van der Waals surface area (Å²) < 4.78 is 12.7. The minimum Gasteiger partial charge on any atom is -0.299 e. The fraction of sp³-hybridized carbons (Fsp3) is 0.308. The van der Waals surface area contributed by atoms with Gasteiger partial charge in [-0.15, -0.1) is 0 Å². The van der Waals surface area contributed by atoms with Crippen molar-refractivity contribution < 1.29 is 9.18 Å². The molecule has 0 aromatic heterocycles. The number of hydrogen-bond donors (Lipinski definition) is 0. The van der Waals surface area contributed by atoms with Gasteiger partial charge in [0.1, 0.15) is 11.6 Å². The number of benzene rings is 1. The Morgan fingerprint density at radius 3 is 2.53 bits per heavy atom. The van der Waals surface area contributed by atoms with Crippen LogP contribution in [0.25, 0.3) is 5.57 Å². The van der Waals surface area contributed by atoms with Gasteiger partial charge >= 0.3 is 0 Å². The van der Waals surface area contributed by atoms with Crippen molar-refractivity contribution in [3.8, 4) is 0 Å². The highest BCUT2D eigenvalue weighted by Gasteiger charge is 2.09. The summed E-state index contributed by atoms with van der Waals surface area (Å²) in [5, 5.41) is 0. The molecular formula is C13H13FO. The first kappa shape index (κ1) is 10.1. The fourth-order valence-corrected chi connectivity index (χ4v) is 1.84. The third-order valence-corrected chi connectivity index (χ3v) is 2.69. The first-order valence-electron chi connectivity index (χ1n) is 5.22. The van der Waals surface area contributed by atoms with Crippen molar-refractivity contribution in [1.29, 1.82) is 0 Å². The van der Waals surface area contributed by atoms with Gasteiger partial charge in [0.25, 0.3) is 0 Å². The van der Waals surface area contributed by atoms with E-state index in [2.05, 4.69) is 0 Å². The molecule has 0 fully saturated rings. The Bertz CT molecular complexity index is 390. The number of rotatable bonds is 1. The van der Waals surface area contributed by atoms with Gasteiger partial charge < -0.3 is 0 Å². The van der Waals surface area contributed by atoms with Gasteiger partial charge in [-0.2, -0.15) is 0 Å². The average molecular weight is 204 g/mol. The lowest BCUT2D eigenvalue weighted by Gasteiger charge is -2.04. The lowest BCUT2D eigenvalue weighted by Crippen LogP contribution is -1.91. The molecule has 15 heavy (non-hydrogen) atoms. The number of halogens is 1. The third-order valence-electron chi connectivity index (χ3n) is 2.69. The van der Waals surface area contributed by atoms with Crippen molar-refractivity contribution >= 4 is 11.4 Å². The summed E-state index contributed by atoms with van der Waals surface area (Å²) in [7, 11) is 0. The lowest BCUT2D eigenvalue weighted by atomic mass is 10.0. The van der Waals surface area contributed by atoms with Gasteiger partial charge in [-0.3, -0.25) is 4.79 Å². The number of ketones is 1. The van der Waals surface area contributed by atoms with E-state index < -0.39 is 0 Å². The van der Waals surface area contributed by atoms with E-state index in [-0.39, 0.29) is 5.82 Å². The quantitative estimate of drug-likeness (QED) is 0.685. The summed E-state index contributed by atoms with van der Waals surface area (Å²) in [4.78, 5) is 11.2. The van der Waals surface area contributed by atoms with E-state index in [9.17, 15) is 9.18 Å². The molecule has 2 rings (SSSR count). The molecule has 0 aliphatic heterocycles. The van der Waals surface area contributed by atoms with Crippen LogP contribution in [0, 0.1) is 5.82 Å². The SMILES string of the molecule is O=C1CC=C(c2ccc(F)cc2)CCC1. The van der Waals surface area contributed by atoms with Gasteiger partial charge in [-0.05, 0) is 36.1 Å². The monoisotopic (exact) mass is 204 g/mol. The van der Waals surface area contributed by atoms with Gasteiger partial charge in [-0.1, -0.05) is 18.2 Å². The third kappa shape index (κ3) is 2.52. The number of hydrogen-bond acceptors (Lipinski definition) is 1. The first-order chi connectivity index (χ1) is 7.25. The molecule has 0 amide bonds. The molecule has 1 nitrogen and oxygen atoms in total. The van der Waals surface area contributed by atoms with Crippen LogP contribution in [0.15, 0.2) is 30.3 Å². The Labute approximate surface area is 88.6 Å². The van der Waals surface area contributed by atoms with Crippen molar-refractivity contribution in [2.75, 3.05) is 0 Å². The highest BCUT2D eigenvalue weighted by atomic mass is 19.1. The van der Waals surface area contributed by atoms with E-state index in [1.54, 1.807) is 12.1 Å². The molecular weight excluding hydrogens is 191 g/mol. The smallest absolute Gasteiger partial charge is 0.136 e. The van der Waals surface area contributed by atoms with Gasteiger partial charge in [0.05, 0.1) is 0 Å². The normalized spacial score (nSPS) is 17.1. The summed E-state index contributed by atoms with van der Waals surface area (Å²) in [6.45, 7) is 0. The van der Waals surface area contributed by atoms with Crippen LogP contribution in [0.5, 0.6) is 0 Å². The van der Waals surface area contributed by atoms with Gasteiger partial charge in [0.15, 0.2) is 0 Å². The highest BCUT2D eigenvalue weighted by Crippen LogP contribution is 2.24. The van der Waals surface area contributed by atoms with E-state index in [1.807, 2.05) is 6.08 Å². The molecule has 2 heteroatoms. The number of allylic oxidation sites excluding steroid dienone is 2. The average Bonchev–Trinajstić information content (AvgIpc) is 2.44. The Kier molecular flexibility index (Phi) is 2.95. The molecule has 1 aliphatic rings. The van der Waals surface area contributed by atoms with Crippen LogP contribution in [0.4, 0.5) is 4.39 Å². The molecule has 0 radical (unpaired) electrons. The molecule has 0 saturated heterocycles. The van der Waals surface area contributed by atoms with Crippen molar-refractivity contribution in [2.45, 2.75) is 25.7 Å². The predicted octanol–water partition coefficient (Wildman–Crippen LogP) is 3.35. The minimum atomic E-state index is -0.218. The molecule has 0 heterocycles. The summed E-state index contributed by atoms with van der Waals surface area (Å²) in [5.74, 6) is 0.0798. The van der Waals surface area contributed by atoms with Crippen molar-refractivity contribution in [1.82, 2.24) is 0 Å². The van der Waals surface area contributed by atoms with Crippen LogP contribution < -0.4 is 0 Å². The minimum absolute atomic E-state index is 0.218. The molecule has 1 aromatic rings. The van der Waals surface area contributed by atoms with Crippen LogP contribution in [0.2, 0.25) is 0 Å². The Morgan fingerprint density at radius 1 is 1.07 bits per heavy atom. The van der Waals surface area contributed by atoms with E-state index in [1.165, 1.54) is 17.7 Å². The van der Waals surface area contributed by atoms with Crippen LogP contribution in [0.3, 0.4) is 0 Å². The van der Waals surface area contributed by atoms with Gasteiger partial charge in [0, 0.05) is 12.8 Å². The Morgan fingerprint density at radius 2 is 1.80 bits per heavy atom. The maximum atomic E-state index is 12.7. The van der Waals surface area contributed by atoms with Crippen molar-refractivity contribution in [3.63, 3.8) is 0 Å². The number of Topliss-reactive ketones (excluding diaryl/α,β-unsaturated/α-hetero) is 1. The summed E-state index contributed by atoms with van der Waals surface area (Å²) in [6.07, 6.45) is 4.98. The maximum absolute atomic E-state index is 12.7. The molecule has 78 valence electrons. The second-order valence-corrected chi connectivity index (χ2v) is 3.83. The Balaban J connectivity index is 2.22. The molecule has 0 N–H and O–H groups in total. The van der Waals surface area contributed by atoms with E-state index >= 15 is 0 Å². The molecule has 1 aliphatic carbocycles. The predicted molar refractivity (Wildman–Crippen MR) is 57.9 cm³/mol. The van der Waals surface area contributed by atoms with Gasteiger partial charge in [-0.25, -0.2) is 4.39 Å². The lowest BCUT2D eigenvalue weighted by molar-refractivity contribution is -0.118. The summed E-state index contributed by atoms with van der Waals surface area (Å²) in [6, 6.07) is 6.47. The zero-order valence-electron chi connectivity index (χ0n) is 8.50. The molecule has 0 unspecified atom stereocenters. The second kappa shape index (κ2) is 4.39. The highest BCUT2D eigenvalue weighted by molar-refractivity contribution is 5.83. The second-order valence-electron chi connectivity index (χ2n) is 3.83. The van der Waals surface area contributed by atoms with E-state index in [0.717, 1.165) is 18.4 Å². The van der Waals surface area contributed by atoms with Crippen LogP contribution in [-0.2, 0) is 4.79 Å². The van der Waals surface area contributed by atoms with Crippen molar-refractivity contribution in [2.24, 2.45) is 0 Å². The molecule has 1 aromatic carbocycles. The molecule has 0 saturated carbocycles. The summed E-state index contributed by atoms with van der Waals surface area (Å²) in [5.41, 5.74) is 2.20. The van der Waals surface area contributed by atoms with Crippen LogP contribution in [-0.4, -0.2) is 5.78 Å². The molecule has 0 atom stereocenters. The zero-order valence-corrected chi connectivity index (χ0v) is 8.50. The van der Waals surface area contributed by atoms with E-state index in [4.69, 9.17) is 0 Å². The fourth-order valence-electron chi connectivity index (χ4n) is 1.84. The van der Waals surface area contributed by atoms with Crippen LogP contribution in [0.1, 0.15) is 31.2 Å². The zero-order chi connectivity index (χ0) is 10.7. The number of carbonyl (C=O) groups is 1. The van der Waals surface area contributed by atoms with E-state index in [0.29, 0.717) is 18.6 Å². The first-order valence-corrected chi connectivity index (χ1v) is 5.22. The topological polar surface area (TPSA) is 17.1 Å².